The maximum Gasteiger partial charge on any atom is 0.257 e. The van der Waals surface area contributed by atoms with E-state index in [4.69, 9.17) is 0 Å². The van der Waals surface area contributed by atoms with Gasteiger partial charge in [-0.25, -0.2) is 8.42 Å². The van der Waals surface area contributed by atoms with E-state index in [9.17, 15) is 18.0 Å². The number of nitrogens with zero attached hydrogens (tertiary/aromatic N) is 1. The second kappa shape index (κ2) is 6.77. The van der Waals surface area contributed by atoms with E-state index in [0.717, 1.165) is 15.4 Å². The van der Waals surface area contributed by atoms with E-state index < -0.39 is 15.9 Å². The highest BCUT2D eigenvalue weighted by atomic mass is 32.2. The predicted octanol–water partition coefficient (Wildman–Crippen LogP) is 1.34. The Balaban J connectivity index is 1.84. The van der Waals surface area contributed by atoms with E-state index in [1.165, 1.54) is 19.2 Å². The molecule has 0 aliphatic carbocycles. The normalized spacial score (nSPS) is 20.7. The number of amides is 2. The number of fused-ring (bicyclic) bond motifs is 2. The van der Waals surface area contributed by atoms with E-state index in [2.05, 4.69) is 16.0 Å². The number of nitrogens with one attached hydrogen (secondary N) is 3. The third-order valence-corrected chi connectivity index (χ3v) is 6.48. The van der Waals surface area contributed by atoms with Gasteiger partial charge in [0, 0.05) is 36.7 Å². The maximum atomic E-state index is 12.7. The summed E-state index contributed by atoms with van der Waals surface area (Å²) in [5.74, 6) is -0.699. The van der Waals surface area contributed by atoms with Crippen molar-refractivity contribution in [3.8, 4) is 0 Å². The molecule has 0 radical (unpaired) electrons. The average Bonchev–Trinajstić information content (AvgIpc) is 2.99. The molecule has 2 aromatic carbocycles. The van der Waals surface area contributed by atoms with Gasteiger partial charge in [0.15, 0.2) is 0 Å². The molecule has 2 aromatic rings. The molecule has 0 unspecified atom stereocenters. The minimum atomic E-state index is -3.83. The van der Waals surface area contributed by atoms with Crippen molar-refractivity contribution in [2.45, 2.75) is 11.4 Å². The Morgan fingerprint density at radius 1 is 1.07 bits per heavy atom. The molecule has 9 heteroatoms. The van der Waals surface area contributed by atoms with Crippen LogP contribution in [-0.4, -0.2) is 38.1 Å². The molecule has 28 heavy (non-hydrogen) atoms. The molecule has 4 rings (SSSR count). The molecule has 0 saturated carbocycles. The predicted molar refractivity (Wildman–Crippen MR) is 105 cm³/mol. The Morgan fingerprint density at radius 2 is 1.86 bits per heavy atom. The second-order valence-electron chi connectivity index (χ2n) is 6.56. The quantitative estimate of drug-likeness (QED) is 0.621. The van der Waals surface area contributed by atoms with Gasteiger partial charge in [0.25, 0.3) is 5.91 Å². The van der Waals surface area contributed by atoms with E-state index in [-0.39, 0.29) is 23.9 Å². The lowest BCUT2D eigenvalue weighted by molar-refractivity contribution is -0.121. The van der Waals surface area contributed by atoms with Crippen LogP contribution >= 0.6 is 0 Å². The van der Waals surface area contributed by atoms with Crippen molar-refractivity contribution >= 4 is 38.8 Å². The first-order valence-electron chi connectivity index (χ1n) is 8.60. The number of hydrogen-bond donors (Lipinski definition) is 3. The fourth-order valence-corrected chi connectivity index (χ4v) is 4.40. The van der Waals surface area contributed by atoms with E-state index in [1.54, 1.807) is 30.5 Å². The summed E-state index contributed by atoms with van der Waals surface area (Å²) >= 11 is 0. The Bertz CT molecular complexity index is 1120. The molecule has 2 aliphatic rings. The lowest BCUT2D eigenvalue weighted by atomic mass is 10.0. The third kappa shape index (κ3) is 3.14. The highest BCUT2D eigenvalue weighted by Gasteiger charge is 2.28. The Kier molecular flexibility index (Phi) is 4.40. The summed E-state index contributed by atoms with van der Waals surface area (Å²) in [6, 6.07) is 11.6. The van der Waals surface area contributed by atoms with E-state index in [1.807, 2.05) is 6.07 Å². The number of hydrogen-bond acceptors (Lipinski definition) is 5. The van der Waals surface area contributed by atoms with Crippen molar-refractivity contribution < 1.29 is 18.0 Å². The monoisotopic (exact) mass is 398 g/mol. The van der Waals surface area contributed by atoms with Gasteiger partial charge in [0.1, 0.15) is 0 Å². The first kappa shape index (κ1) is 18.2. The van der Waals surface area contributed by atoms with E-state index >= 15 is 0 Å². The molecular formula is C19H18N4O4S. The first-order chi connectivity index (χ1) is 13.4. The standard InChI is InChI=1S/C19H18N4O4S/c1-23-11-17(24)21-9-12-4-2-7-16-18(12)15(19(25)22-16)10-20-13-5-3-6-14(8-13)28(23,26)27/h2-8,10,20H,9,11H2,1H3,(H,21,24)(H,22,25)/b15-10-. The van der Waals surface area contributed by atoms with Gasteiger partial charge in [0.05, 0.1) is 17.0 Å². The fraction of sp³-hybridized carbons (Fsp3) is 0.158. The molecule has 0 saturated heterocycles. The molecule has 2 aliphatic heterocycles. The van der Waals surface area contributed by atoms with Crippen molar-refractivity contribution in [1.82, 2.24) is 9.62 Å². The topological polar surface area (TPSA) is 108 Å². The molecule has 0 atom stereocenters. The van der Waals surface area contributed by atoms with Gasteiger partial charge in [-0.1, -0.05) is 18.2 Å². The minimum Gasteiger partial charge on any atom is -0.361 e. The largest absolute Gasteiger partial charge is 0.361 e. The van der Waals surface area contributed by atoms with Gasteiger partial charge < -0.3 is 16.0 Å². The maximum absolute atomic E-state index is 12.7. The number of likely N-dealkylation sites (N-methyl/N-ethyl adjacent to an activating group) is 1. The third-order valence-electron chi connectivity index (χ3n) is 4.68. The summed E-state index contributed by atoms with van der Waals surface area (Å²) < 4.78 is 26.5. The summed E-state index contributed by atoms with van der Waals surface area (Å²) in [6.07, 6.45) is 1.55. The second-order valence-corrected chi connectivity index (χ2v) is 8.61. The van der Waals surface area contributed by atoms with Crippen LogP contribution in [0.2, 0.25) is 0 Å². The van der Waals surface area contributed by atoms with Crippen molar-refractivity contribution in [2.24, 2.45) is 0 Å². The Morgan fingerprint density at radius 3 is 2.68 bits per heavy atom. The van der Waals surface area contributed by atoms with Gasteiger partial charge >= 0.3 is 0 Å². The zero-order valence-electron chi connectivity index (χ0n) is 15.0. The van der Waals surface area contributed by atoms with Crippen LogP contribution in [0.25, 0.3) is 5.57 Å². The van der Waals surface area contributed by atoms with Crippen LogP contribution in [0.5, 0.6) is 0 Å². The van der Waals surface area contributed by atoms with Gasteiger partial charge in [-0.05, 0) is 29.8 Å². The Labute approximate surface area is 162 Å². The van der Waals surface area contributed by atoms with Crippen LogP contribution in [-0.2, 0) is 26.2 Å². The van der Waals surface area contributed by atoms with Crippen LogP contribution in [0.1, 0.15) is 11.1 Å². The summed E-state index contributed by atoms with van der Waals surface area (Å²) in [5.41, 5.74) is 3.08. The Hall–Kier alpha value is -3.17. The van der Waals surface area contributed by atoms with Crippen molar-refractivity contribution in [3.05, 3.63) is 59.8 Å². The van der Waals surface area contributed by atoms with Crippen LogP contribution in [0, 0.1) is 0 Å². The molecule has 8 nitrogen and oxygen atoms in total. The molecule has 3 N–H and O–H groups in total. The number of benzene rings is 2. The molecule has 0 fully saturated rings. The summed E-state index contributed by atoms with van der Waals surface area (Å²) in [6.45, 7) is -0.137. The molecule has 2 bridgehead atoms. The number of rotatable bonds is 0. The summed E-state index contributed by atoms with van der Waals surface area (Å²) in [4.78, 5) is 24.8. The zero-order valence-corrected chi connectivity index (χ0v) is 15.8. The van der Waals surface area contributed by atoms with Gasteiger partial charge in [-0.3, -0.25) is 9.59 Å². The summed E-state index contributed by atoms with van der Waals surface area (Å²) in [5, 5.41) is 8.54. The van der Waals surface area contributed by atoms with Crippen LogP contribution in [0.15, 0.2) is 53.6 Å². The first-order valence-corrected chi connectivity index (χ1v) is 10.0. The molecule has 0 aromatic heterocycles. The molecule has 2 heterocycles. The van der Waals surface area contributed by atoms with Gasteiger partial charge in [-0.2, -0.15) is 4.31 Å². The highest BCUT2D eigenvalue weighted by Crippen LogP contribution is 2.34. The zero-order chi connectivity index (χ0) is 19.9. The van der Waals surface area contributed by atoms with Gasteiger partial charge in [-0.15, -0.1) is 0 Å². The minimum absolute atomic E-state index is 0.0558. The van der Waals surface area contributed by atoms with Crippen molar-refractivity contribution in [1.29, 1.82) is 0 Å². The molecule has 2 amide bonds. The number of sulfonamides is 1. The number of anilines is 2. The number of carbonyl (C=O) groups is 2. The molecular weight excluding hydrogens is 380 g/mol. The van der Waals surface area contributed by atoms with Crippen LogP contribution in [0.3, 0.4) is 0 Å². The molecule has 0 spiro atoms. The van der Waals surface area contributed by atoms with E-state index in [0.29, 0.717) is 16.9 Å². The SMILES string of the molecule is CN1CC(=O)NCc2cccc3c2/C(=C/Nc2cccc(c2)S1(=O)=O)C(=O)N3. The van der Waals surface area contributed by atoms with Crippen LogP contribution < -0.4 is 16.0 Å². The van der Waals surface area contributed by atoms with Gasteiger partial charge in [0.2, 0.25) is 15.9 Å². The number of carbonyl (C=O) groups excluding carboxylic acids is 2. The highest BCUT2D eigenvalue weighted by molar-refractivity contribution is 7.89. The summed E-state index contributed by atoms with van der Waals surface area (Å²) in [7, 11) is -2.47. The smallest absolute Gasteiger partial charge is 0.257 e. The van der Waals surface area contributed by atoms with Crippen molar-refractivity contribution in [2.75, 3.05) is 24.2 Å². The van der Waals surface area contributed by atoms with Crippen LogP contribution in [0.4, 0.5) is 11.4 Å². The van der Waals surface area contributed by atoms with Crippen molar-refractivity contribution in [3.63, 3.8) is 0 Å². The fourth-order valence-electron chi connectivity index (χ4n) is 3.23. The molecule has 144 valence electrons. The lowest BCUT2D eigenvalue weighted by Crippen LogP contribution is -2.38. The average molecular weight is 398 g/mol. The lowest BCUT2D eigenvalue weighted by Gasteiger charge is -2.18.